The molecule has 6 heteroatoms. The third kappa shape index (κ3) is 7.63. The van der Waals surface area contributed by atoms with Crippen LogP contribution in [0.5, 0.6) is 0 Å². The minimum atomic E-state index is 0.268. The van der Waals surface area contributed by atoms with E-state index in [-0.39, 0.29) is 5.91 Å². The van der Waals surface area contributed by atoms with Crippen molar-refractivity contribution >= 4 is 11.9 Å². The fourth-order valence-corrected chi connectivity index (χ4v) is 4.19. The van der Waals surface area contributed by atoms with Gasteiger partial charge in [0.25, 0.3) is 0 Å². The molecule has 0 spiro atoms. The molecule has 6 nitrogen and oxygen atoms in total. The number of rotatable bonds is 10. The Morgan fingerprint density at radius 2 is 2.00 bits per heavy atom. The van der Waals surface area contributed by atoms with Gasteiger partial charge in [-0.1, -0.05) is 43.5 Å². The second-order valence-electron chi connectivity index (χ2n) is 8.35. The maximum atomic E-state index is 11.9. The summed E-state index contributed by atoms with van der Waals surface area (Å²) in [5.41, 5.74) is 2.34. The Bertz CT molecular complexity index is 686. The molecule has 0 radical (unpaired) electrons. The van der Waals surface area contributed by atoms with Gasteiger partial charge in [0.2, 0.25) is 5.91 Å². The highest BCUT2D eigenvalue weighted by molar-refractivity contribution is 5.79. The molecule has 0 atom stereocenters. The summed E-state index contributed by atoms with van der Waals surface area (Å²) in [6, 6.07) is 8.41. The Hall–Kier alpha value is -2.08. The SMILES string of the molecule is CCNC(=NCc1cccc(CN2CCCC2=O)c1)NCCCOC1CCCCC1. The summed E-state index contributed by atoms with van der Waals surface area (Å²) in [6.07, 6.45) is 9.57. The zero-order chi connectivity index (χ0) is 21.0. The van der Waals surface area contributed by atoms with Crippen LogP contribution >= 0.6 is 0 Å². The second-order valence-corrected chi connectivity index (χ2v) is 8.35. The summed E-state index contributed by atoms with van der Waals surface area (Å²) in [5, 5.41) is 6.73. The van der Waals surface area contributed by atoms with Crippen molar-refractivity contribution in [1.29, 1.82) is 0 Å². The summed E-state index contributed by atoms with van der Waals surface area (Å²) in [7, 11) is 0. The summed E-state index contributed by atoms with van der Waals surface area (Å²) in [5.74, 6) is 1.11. The van der Waals surface area contributed by atoms with Gasteiger partial charge in [-0.25, -0.2) is 4.99 Å². The molecule has 2 N–H and O–H groups in total. The molecule has 1 heterocycles. The summed E-state index contributed by atoms with van der Waals surface area (Å²) in [6.45, 7) is 6.79. The van der Waals surface area contributed by atoms with Gasteiger partial charge in [0.15, 0.2) is 5.96 Å². The van der Waals surface area contributed by atoms with Crippen LogP contribution in [0.15, 0.2) is 29.3 Å². The Morgan fingerprint density at radius 3 is 2.77 bits per heavy atom. The lowest BCUT2D eigenvalue weighted by atomic mass is 9.98. The lowest BCUT2D eigenvalue weighted by Gasteiger charge is -2.22. The number of likely N-dealkylation sites (tertiary alicyclic amines) is 1. The van der Waals surface area contributed by atoms with E-state index in [1.807, 2.05) is 4.90 Å². The maximum absolute atomic E-state index is 11.9. The third-order valence-corrected chi connectivity index (χ3v) is 5.82. The predicted molar refractivity (Wildman–Crippen MR) is 121 cm³/mol. The number of nitrogens with zero attached hydrogens (tertiary/aromatic N) is 2. The average Bonchev–Trinajstić information content (AvgIpc) is 3.17. The van der Waals surface area contributed by atoms with Crippen LogP contribution in [0.1, 0.15) is 69.4 Å². The molecule has 3 rings (SSSR count). The van der Waals surface area contributed by atoms with E-state index in [0.717, 1.165) is 50.6 Å². The van der Waals surface area contributed by atoms with Crippen LogP contribution in [0.25, 0.3) is 0 Å². The number of aliphatic imine (C=N–C) groups is 1. The molecule has 0 aromatic heterocycles. The molecule has 2 aliphatic rings. The van der Waals surface area contributed by atoms with E-state index in [1.54, 1.807) is 0 Å². The van der Waals surface area contributed by atoms with E-state index in [2.05, 4.69) is 41.8 Å². The molecule has 1 aliphatic heterocycles. The number of carbonyl (C=O) groups excluding carboxylic acids is 1. The van der Waals surface area contributed by atoms with Crippen molar-refractivity contribution in [3.63, 3.8) is 0 Å². The lowest BCUT2D eigenvalue weighted by molar-refractivity contribution is -0.128. The van der Waals surface area contributed by atoms with Crippen molar-refractivity contribution in [3.8, 4) is 0 Å². The van der Waals surface area contributed by atoms with Crippen LogP contribution in [0.4, 0.5) is 0 Å². The van der Waals surface area contributed by atoms with Crippen molar-refractivity contribution in [2.24, 2.45) is 4.99 Å². The van der Waals surface area contributed by atoms with Gasteiger partial charge in [-0.2, -0.15) is 0 Å². The summed E-state index contributed by atoms with van der Waals surface area (Å²) >= 11 is 0. The highest BCUT2D eigenvalue weighted by atomic mass is 16.5. The van der Waals surface area contributed by atoms with E-state index in [1.165, 1.54) is 37.7 Å². The Labute approximate surface area is 181 Å². The Balaban J connectivity index is 1.42. The fraction of sp³-hybridized carbons (Fsp3) is 0.667. The van der Waals surface area contributed by atoms with E-state index in [9.17, 15) is 4.79 Å². The zero-order valence-corrected chi connectivity index (χ0v) is 18.5. The van der Waals surface area contributed by atoms with Crippen molar-refractivity contribution in [2.75, 3.05) is 26.2 Å². The first kappa shape index (κ1) is 22.6. The number of hydrogen-bond donors (Lipinski definition) is 2. The normalized spacial score (nSPS) is 18.1. The average molecular weight is 415 g/mol. The predicted octanol–water partition coefficient (Wildman–Crippen LogP) is 3.60. The topological polar surface area (TPSA) is 66.0 Å². The van der Waals surface area contributed by atoms with Crippen molar-refractivity contribution in [1.82, 2.24) is 15.5 Å². The molecule has 166 valence electrons. The molecule has 0 bridgehead atoms. The quantitative estimate of drug-likeness (QED) is 0.349. The van der Waals surface area contributed by atoms with Crippen LogP contribution in [0.2, 0.25) is 0 Å². The largest absolute Gasteiger partial charge is 0.378 e. The molecule has 2 fully saturated rings. The van der Waals surface area contributed by atoms with Gasteiger partial charge in [-0.3, -0.25) is 4.79 Å². The minimum Gasteiger partial charge on any atom is -0.378 e. The van der Waals surface area contributed by atoms with Gasteiger partial charge in [-0.15, -0.1) is 0 Å². The second kappa shape index (κ2) is 12.6. The smallest absolute Gasteiger partial charge is 0.222 e. The Kier molecular flexibility index (Phi) is 9.48. The molecule has 1 aromatic rings. The van der Waals surface area contributed by atoms with Gasteiger partial charge in [0.1, 0.15) is 0 Å². The number of nitrogens with one attached hydrogen (secondary N) is 2. The molecule has 1 aliphatic carbocycles. The first-order valence-corrected chi connectivity index (χ1v) is 11.7. The number of amides is 1. The standard InChI is InChI=1S/C24H38N4O2/c1-2-25-24(26-14-8-16-30-22-11-4-3-5-12-22)27-18-20-9-6-10-21(17-20)19-28-15-7-13-23(28)29/h6,9-10,17,22H,2-5,7-8,11-16,18-19H2,1H3,(H2,25,26,27). The van der Waals surface area contributed by atoms with Gasteiger partial charge in [0, 0.05) is 39.2 Å². The maximum Gasteiger partial charge on any atom is 0.222 e. The molecule has 1 saturated carbocycles. The van der Waals surface area contributed by atoms with Gasteiger partial charge < -0.3 is 20.3 Å². The number of carbonyl (C=O) groups is 1. The zero-order valence-electron chi connectivity index (χ0n) is 18.5. The summed E-state index contributed by atoms with van der Waals surface area (Å²) < 4.78 is 6.00. The van der Waals surface area contributed by atoms with Crippen LogP contribution < -0.4 is 10.6 Å². The van der Waals surface area contributed by atoms with Crippen LogP contribution in [0.3, 0.4) is 0 Å². The number of benzene rings is 1. The molecule has 1 saturated heterocycles. The number of hydrogen-bond acceptors (Lipinski definition) is 3. The van der Waals surface area contributed by atoms with Gasteiger partial charge in [0.05, 0.1) is 12.6 Å². The molecule has 30 heavy (non-hydrogen) atoms. The fourth-order valence-electron chi connectivity index (χ4n) is 4.19. The van der Waals surface area contributed by atoms with Crippen molar-refractivity contribution in [3.05, 3.63) is 35.4 Å². The van der Waals surface area contributed by atoms with Crippen LogP contribution in [0, 0.1) is 0 Å². The monoisotopic (exact) mass is 414 g/mol. The van der Waals surface area contributed by atoms with E-state index >= 15 is 0 Å². The minimum absolute atomic E-state index is 0.268. The number of guanidine groups is 1. The lowest BCUT2D eigenvalue weighted by Crippen LogP contribution is -2.38. The van der Waals surface area contributed by atoms with E-state index < -0.39 is 0 Å². The van der Waals surface area contributed by atoms with Gasteiger partial charge in [-0.05, 0) is 43.7 Å². The summed E-state index contributed by atoms with van der Waals surface area (Å²) in [4.78, 5) is 18.5. The molecule has 0 unspecified atom stereocenters. The highest BCUT2D eigenvalue weighted by Gasteiger charge is 2.19. The number of ether oxygens (including phenoxy) is 1. The molecule has 1 amide bonds. The molecule has 1 aromatic carbocycles. The highest BCUT2D eigenvalue weighted by Crippen LogP contribution is 2.20. The molecular weight excluding hydrogens is 376 g/mol. The van der Waals surface area contributed by atoms with E-state index in [4.69, 9.17) is 9.73 Å². The van der Waals surface area contributed by atoms with Gasteiger partial charge >= 0.3 is 0 Å². The first-order valence-electron chi connectivity index (χ1n) is 11.7. The third-order valence-electron chi connectivity index (χ3n) is 5.82. The molecular formula is C24H38N4O2. The van der Waals surface area contributed by atoms with Crippen molar-refractivity contribution < 1.29 is 9.53 Å². The first-order chi connectivity index (χ1) is 14.7. The van der Waals surface area contributed by atoms with Crippen molar-refractivity contribution in [2.45, 2.75) is 77.5 Å². The Morgan fingerprint density at radius 1 is 1.17 bits per heavy atom. The van der Waals surface area contributed by atoms with Crippen LogP contribution in [-0.2, 0) is 22.6 Å². The van der Waals surface area contributed by atoms with E-state index in [0.29, 0.717) is 25.6 Å². The van der Waals surface area contributed by atoms with Crippen LogP contribution in [-0.4, -0.2) is 49.1 Å².